The molecule has 1 unspecified atom stereocenters. The van der Waals surface area contributed by atoms with E-state index in [4.69, 9.17) is 15.3 Å². The van der Waals surface area contributed by atoms with Crippen LogP contribution in [0, 0.1) is 0 Å². The largest absolute Gasteiger partial charge is 0.466 e. The Kier molecular flexibility index (Phi) is 9.41. The number of benzene rings is 2. The van der Waals surface area contributed by atoms with E-state index in [0.29, 0.717) is 11.3 Å². The molecule has 3 heterocycles. The normalized spacial score (nSPS) is 17.8. The number of oxime groups is 1. The van der Waals surface area contributed by atoms with Crippen LogP contribution in [0.4, 0.5) is 5.13 Å². The van der Waals surface area contributed by atoms with Crippen molar-refractivity contribution in [3.05, 3.63) is 107 Å². The zero-order valence-electron chi connectivity index (χ0n) is 23.4. The van der Waals surface area contributed by atoms with Crippen molar-refractivity contribution in [3.63, 3.8) is 0 Å². The van der Waals surface area contributed by atoms with Gasteiger partial charge >= 0.3 is 11.9 Å². The summed E-state index contributed by atoms with van der Waals surface area (Å²) in [5, 5.41) is 7.47. The van der Waals surface area contributed by atoms with Gasteiger partial charge in [-0.25, -0.2) is 14.6 Å². The van der Waals surface area contributed by atoms with E-state index >= 15 is 0 Å². The van der Waals surface area contributed by atoms with Gasteiger partial charge in [0.15, 0.2) is 16.9 Å². The lowest BCUT2D eigenvalue weighted by molar-refractivity contribution is -0.154. The number of hydrogen-bond acceptors (Lipinski definition) is 12. The lowest BCUT2D eigenvalue weighted by Crippen LogP contribution is -2.71. The highest BCUT2D eigenvalue weighted by atomic mass is 32.2. The molecule has 0 bridgehead atoms. The molecule has 226 valence electrons. The molecule has 44 heavy (non-hydrogen) atoms. The van der Waals surface area contributed by atoms with Gasteiger partial charge in [-0.2, -0.15) is 0 Å². The maximum Gasteiger partial charge on any atom is 0.356 e. The molecule has 0 spiro atoms. The van der Waals surface area contributed by atoms with Crippen LogP contribution in [0.25, 0.3) is 0 Å². The lowest BCUT2D eigenvalue weighted by atomic mass is 10.0. The number of nitrogens with zero attached hydrogens (tertiary/aromatic N) is 3. The van der Waals surface area contributed by atoms with Crippen molar-refractivity contribution in [2.24, 2.45) is 5.16 Å². The Morgan fingerprint density at radius 3 is 2.39 bits per heavy atom. The Morgan fingerprint density at radius 1 is 1.16 bits per heavy atom. The first kappa shape index (κ1) is 30.5. The number of aromatic nitrogens is 1. The molecular formula is C30H27N5O7S2. The second-order valence-corrected chi connectivity index (χ2v) is 11.4. The maximum absolute atomic E-state index is 13.8. The third kappa shape index (κ3) is 6.35. The van der Waals surface area contributed by atoms with Gasteiger partial charge in [0.2, 0.25) is 6.61 Å². The molecule has 3 N–H and O–H groups in total. The molecule has 2 aliphatic heterocycles. The molecule has 1 fully saturated rings. The van der Waals surface area contributed by atoms with Gasteiger partial charge in [0.25, 0.3) is 11.8 Å². The van der Waals surface area contributed by atoms with E-state index in [2.05, 4.69) is 26.8 Å². The Hall–Kier alpha value is -4.95. The van der Waals surface area contributed by atoms with Crippen molar-refractivity contribution in [2.75, 3.05) is 25.2 Å². The summed E-state index contributed by atoms with van der Waals surface area (Å²) in [6.07, 6.45) is 0.799. The number of hydrogen-bond donors (Lipinski definition) is 2. The molecule has 12 nitrogen and oxygen atoms in total. The number of fused-ring (bicyclic) bond motifs is 1. The maximum atomic E-state index is 13.8. The first-order chi connectivity index (χ1) is 21.3. The minimum absolute atomic E-state index is 0.0682. The van der Waals surface area contributed by atoms with Crippen LogP contribution in [-0.4, -0.2) is 70.2 Å². The molecule has 2 aliphatic rings. The first-order valence-corrected chi connectivity index (χ1v) is 15.1. The van der Waals surface area contributed by atoms with Gasteiger partial charge in [-0.1, -0.05) is 78.5 Å². The third-order valence-electron chi connectivity index (χ3n) is 6.70. The Balaban J connectivity index is 1.36. The number of carbonyl (C=O) groups excluding carboxylic acids is 4. The molecule has 2 aromatic carbocycles. The quantitative estimate of drug-likeness (QED) is 0.139. The van der Waals surface area contributed by atoms with E-state index in [-0.39, 0.29) is 22.2 Å². The standard InChI is InChI=1S/C30H27N5O7S2/c1-3-17-15-43-28-23(33-26(37)22(20-16-44-30(31)32-20)34-41-14-21(36)40-2)27(38)35(28)24(17)29(39)42-25(18-10-6-4-7-11-18)19-12-8-5-9-13-19/h3-13,16,23,25,28H,1,14-15H2,2H3,(H2,31,32)(H,33,37)/b34-22+/t23?,28-/m1/s1. The van der Waals surface area contributed by atoms with Crippen LogP contribution in [-0.2, 0) is 33.5 Å². The van der Waals surface area contributed by atoms with Gasteiger partial charge < -0.3 is 25.4 Å². The summed E-state index contributed by atoms with van der Waals surface area (Å²) in [5.41, 5.74) is 7.66. The summed E-state index contributed by atoms with van der Waals surface area (Å²) < 4.78 is 10.6. The minimum Gasteiger partial charge on any atom is -0.466 e. The minimum atomic E-state index is -0.998. The smallest absolute Gasteiger partial charge is 0.356 e. The average molecular weight is 634 g/mol. The van der Waals surface area contributed by atoms with E-state index in [1.54, 1.807) is 0 Å². The topological polar surface area (TPSA) is 163 Å². The number of thiazole rings is 1. The molecule has 0 aliphatic carbocycles. The molecule has 2 amide bonds. The molecule has 1 saturated heterocycles. The van der Waals surface area contributed by atoms with Crippen molar-refractivity contribution in [2.45, 2.75) is 17.5 Å². The Morgan fingerprint density at radius 2 is 1.82 bits per heavy atom. The van der Waals surface area contributed by atoms with Gasteiger partial charge in [-0.05, 0) is 16.7 Å². The Bertz CT molecular complexity index is 1600. The molecule has 1 aromatic heterocycles. The zero-order valence-corrected chi connectivity index (χ0v) is 25.0. The van der Waals surface area contributed by atoms with E-state index in [1.807, 2.05) is 60.7 Å². The van der Waals surface area contributed by atoms with Gasteiger partial charge in [0.1, 0.15) is 22.8 Å². The summed E-state index contributed by atoms with van der Waals surface area (Å²) in [4.78, 5) is 62.4. The van der Waals surface area contributed by atoms with E-state index < -0.39 is 47.9 Å². The number of allylic oxidation sites excluding steroid dienone is 1. The molecule has 5 rings (SSSR count). The van der Waals surface area contributed by atoms with Crippen LogP contribution in [0.1, 0.15) is 22.9 Å². The number of thioether (sulfide) groups is 1. The fourth-order valence-corrected chi connectivity index (χ4v) is 6.44. The fourth-order valence-electron chi connectivity index (χ4n) is 4.55. The highest BCUT2D eigenvalue weighted by Crippen LogP contribution is 2.42. The van der Waals surface area contributed by atoms with Crippen LogP contribution >= 0.6 is 23.1 Å². The molecule has 3 aromatic rings. The van der Waals surface area contributed by atoms with Crippen molar-refractivity contribution in [1.82, 2.24) is 15.2 Å². The van der Waals surface area contributed by atoms with Crippen molar-refractivity contribution < 1.29 is 33.5 Å². The lowest BCUT2D eigenvalue weighted by Gasteiger charge is -2.49. The zero-order chi connectivity index (χ0) is 31.2. The van der Waals surface area contributed by atoms with E-state index in [9.17, 15) is 19.2 Å². The van der Waals surface area contributed by atoms with Crippen LogP contribution in [0.15, 0.2) is 95.1 Å². The predicted molar refractivity (Wildman–Crippen MR) is 164 cm³/mol. The molecule has 0 saturated carbocycles. The summed E-state index contributed by atoms with van der Waals surface area (Å²) in [7, 11) is 1.18. The number of nitrogens with two attached hydrogens (primary N) is 1. The van der Waals surface area contributed by atoms with Crippen molar-refractivity contribution >= 4 is 57.7 Å². The average Bonchev–Trinajstić information content (AvgIpc) is 3.49. The summed E-state index contributed by atoms with van der Waals surface area (Å²) in [5.74, 6) is -2.36. The third-order valence-corrected chi connectivity index (χ3v) is 8.68. The van der Waals surface area contributed by atoms with E-state index in [1.165, 1.54) is 35.2 Å². The molecule has 14 heteroatoms. The number of β-lactam (4-membered cyclic amide) rings is 1. The van der Waals surface area contributed by atoms with Crippen molar-refractivity contribution in [3.8, 4) is 0 Å². The number of carbonyl (C=O) groups is 4. The number of ether oxygens (including phenoxy) is 2. The monoisotopic (exact) mass is 633 g/mol. The number of nitrogen functional groups attached to an aromatic ring is 1. The number of esters is 2. The number of methoxy groups -OCH3 is 1. The van der Waals surface area contributed by atoms with Crippen molar-refractivity contribution in [1.29, 1.82) is 0 Å². The number of rotatable bonds is 11. The van der Waals surface area contributed by atoms with Gasteiger partial charge in [0, 0.05) is 11.1 Å². The molecule has 0 radical (unpaired) electrons. The first-order valence-electron chi connectivity index (χ1n) is 13.2. The SMILES string of the molecule is C=CC1=C(C(=O)OC(c2ccccc2)c2ccccc2)N2C(=O)C(NC(=O)/C(=N/OCC(=O)OC)c3csc(N)n3)[C@H]2SC1. The second-order valence-electron chi connectivity index (χ2n) is 9.41. The summed E-state index contributed by atoms with van der Waals surface area (Å²) >= 11 is 2.43. The van der Waals surface area contributed by atoms with E-state index in [0.717, 1.165) is 22.5 Å². The highest BCUT2D eigenvalue weighted by molar-refractivity contribution is 8.00. The predicted octanol–water partition coefficient (Wildman–Crippen LogP) is 2.79. The molecular weight excluding hydrogens is 606 g/mol. The van der Waals surface area contributed by atoms with Crippen LogP contribution in [0.2, 0.25) is 0 Å². The van der Waals surface area contributed by atoms with Crippen LogP contribution < -0.4 is 11.1 Å². The summed E-state index contributed by atoms with van der Waals surface area (Å²) in [6.45, 7) is 3.28. The number of amides is 2. The van der Waals surface area contributed by atoms with Crippen LogP contribution in [0.5, 0.6) is 0 Å². The highest BCUT2D eigenvalue weighted by Gasteiger charge is 2.54. The number of nitrogens with one attached hydrogen (secondary N) is 1. The fraction of sp³-hybridized carbons (Fsp3) is 0.200. The van der Waals surface area contributed by atoms with Crippen LogP contribution in [0.3, 0.4) is 0 Å². The van der Waals surface area contributed by atoms with Gasteiger partial charge in [-0.15, -0.1) is 23.1 Å². The number of anilines is 1. The Labute approximate surface area is 260 Å². The second kappa shape index (κ2) is 13.6. The molecule has 2 atom stereocenters. The van der Waals surface area contributed by atoms with Gasteiger partial charge in [0.05, 0.1) is 7.11 Å². The van der Waals surface area contributed by atoms with Gasteiger partial charge in [-0.3, -0.25) is 14.5 Å². The summed E-state index contributed by atoms with van der Waals surface area (Å²) in [6, 6.07) is 17.6.